The zero-order chi connectivity index (χ0) is 21.0. The molecular weight excluding hydrogens is 382 g/mol. The Labute approximate surface area is 159 Å². The van der Waals surface area contributed by atoms with Gasteiger partial charge in [0.05, 0.1) is 18.3 Å². The molecular formula is C19H21F4NO4. The minimum Gasteiger partial charge on any atom is -0.462 e. The van der Waals surface area contributed by atoms with E-state index in [2.05, 4.69) is 0 Å². The van der Waals surface area contributed by atoms with Gasteiger partial charge in [-0.15, -0.1) is 0 Å². The predicted molar refractivity (Wildman–Crippen MR) is 91.3 cm³/mol. The summed E-state index contributed by atoms with van der Waals surface area (Å²) in [6, 6.07) is 0.143. The number of rotatable bonds is 8. The van der Waals surface area contributed by atoms with E-state index in [0.717, 1.165) is 25.5 Å². The van der Waals surface area contributed by atoms with Crippen LogP contribution in [0.1, 0.15) is 43.5 Å². The van der Waals surface area contributed by atoms with Crippen molar-refractivity contribution < 1.29 is 37.0 Å². The fourth-order valence-electron chi connectivity index (χ4n) is 2.79. The molecule has 1 aliphatic rings. The van der Waals surface area contributed by atoms with E-state index in [1.165, 1.54) is 13.8 Å². The van der Waals surface area contributed by atoms with Crippen LogP contribution in [0.2, 0.25) is 0 Å². The molecule has 1 atom stereocenters. The first-order valence-electron chi connectivity index (χ1n) is 8.87. The van der Waals surface area contributed by atoms with Gasteiger partial charge in [0.1, 0.15) is 5.57 Å². The number of benzene rings is 1. The predicted octanol–water partition coefficient (Wildman–Crippen LogP) is 3.11. The molecule has 2 rings (SSSR count). The van der Waals surface area contributed by atoms with Crippen molar-refractivity contribution in [2.45, 2.75) is 45.3 Å². The van der Waals surface area contributed by atoms with Crippen molar-refractivity contribution >= 4 is 11.8 Å². The number of carbonyl (C=O) groups is 2. The van der Waals surface area contributed by atoms with E-state index >= 15 is 0 Å². The van der Waals surface area contributed by atoms with E-state index in [0.29, 0.717) is 0 Å². The lowest BCUT2D eigenvalue weighted by molar-refractivity contribution is -0.138. The molecule has 1 unspecified atom stereocenters. The van der Waals surface area contributed by atoms with Crippen LogP contribution in [0.5, 0.6) is 0 Å². The van der Waals surface area contributed by atoms with Gasteiger partial charge in [0.2, 0.25) is 5.78 Å². The van der Waals surface area contributed by atoms with Crippen LogP contribution in [-0.4, -0.2) is 47.1 Å². The molecule has 0 saturated heterocycles. The number of halogens is 4. The molecule has 0 aromatic heterocycles. The van der Waals surface area contributed by atoms with Gasteiger partial charge in [-0.25, -0.2) is 22.4 Å². The summed E-state index contributed by atoms with van der Waals surface area (Å²) in [5.41, 5.74) is -1.79. The number of ketones is 1. The van der Waals surface area contributed by atoms with Gasteiger partial charge in [0.15, 0.2) is 23.3 Å². The molecule has 0 bridgehead atoms. The van der Waals surface area contributed by atoms with Gasteiger partial charge >= 0.3 is 5.97 Å². The molecule has 0 spiro atoms. The van der Waals surface area contributed by atoms with Crippen LogP contribution >= 0.6 is 0 Å². The Hall–Kier alpha value is -2.42. The summed E-state index contributed by atoms with van der Waals surface area (Å²) in [6.07, 6.45) is 2.73. The third kappa shape index (κ3) is 4.70. The Morgan fingerprint density at radius 1 is 1.25 bits per heavy atom. The summed E-state index contributed by atoms with van der Waals surface area (Å²) in [5.74, 6) is -10.3. The van der Waals surface area contributed by atoms with Gasteiger partial charge in [-0.1, -0.05) is 0 Å². The molecule has 1 aromatic carbocycles. The number of aliphatic hydroxyl groups excluding tert-OH is 1. The summed E-state index contributed by atoms with van der Waals surface area (Å²) in [7, 11) is 0. The van der Waals surface area contributed by atoms with Crippen LogP contribution in [0.4, 0.5) is 17.6 Å². The summed E-state index contributed by atoms with van der Waals surface area (Å²) in [4.78, 5) is 26.5. The molecule has 9 heteroatoms. The first-order valence-corrected chi connectivity index (χ1v) is 8.87. The Kier molecular flexibility index (Phi) is 7.17. The summed E-state index contributed by atoms with van der Waals surface area (Å²) >= 11 is 0. The van der Waals surface area contributed by atoms with Gasteiger partial charge in [0, 0.05) is 18.8 Å². The molecule has 5 nitrogen and oxygen atoms in total. The van der Waals surface area contributed by atoms with E-state index < -0.39 is 52.3 Å². The first kappa shape index (κ1) is 21.9. The summed E-state index contributed by atoms with van der Waals surface area (Å²) in [6.45, 7) is 2.97. The van der Waals surface area contributed by atoms with Crippen molar-refractivity contribution in [2.75, 3.05) is 13.2 Å². The minimum atomic E-state index is -2.15. The lowest BCUT2D eigenvalue weighted by Crippen LogP contribution is -2.41. The maximum atomic E-state index is 14.1. The second kappa shape index (κ2) is 9.18. The second-order valence-corrected chi connectivity index (χ2v) is 6.57. The molecule has 0 heterocycles. The van der Waals surface area contributed by atoms with Crippen molar-refractivity contribution in [1.29, 1.82) is 0 Å². The average molecular weight is 403 g/mol. The number of ether oxygens (including phenoxy) is 1. The topological polar surface area (TPSA) is 66.8 Å². The highest BCUT2D eigenvalue weighted by Gasteiger charge is 2.31. The Bertz CT molecular complexity index is 791. The first-order chi connectivity index (χ1) is 13.2. The largest absolute Gasteiger partial charge is 0.462 e. The number of aliphatic hydroxyl groups is 1. The smallest absolute Gasteiger partial charge is 0.343 e. The van der Waals surface area contributed by atoms with Crippen LogP contribution in [0.15, 0.2) is 17.8 Å². The van der Waals surface area contributed by atoms with Crippen molar-refractivity contribution in [1.82, 2.24) is 4.90 Å². The number of nitrogens with zero attached hydrogens (tertiary/aromatic N) is 1. The highest BCUT2D eigenvalue weighted by Crippen LogP contribution is 2.27. The van der Waals surface area contributed by atoms with Crippen molar-refractivity contribution in [2.24, 2.45) is 0 Å². The van der Waals surface area contributed by atoms with Gasteiger partial charge < -0.3 is 14.7 Å². The van der Waals surface area contributed by atoms with Crippen LogP contribution in [0.3, 0.4) is 0 Å². The SMILES string of the molecule is CCOC(=O)C(=CN(CC(C)O)C1CCC1)C(=O)c1cc(F)c(F)c(F)c1F. The molecule has 28 heavy (non-hydrogen) atoms. The normalized spacial score (nSPS) is 15.8. The molecule has 1 N–H and O–H groups in total. The fourth-order valence-corrected chi connectivity index (χ4v) is 2.79. The zero-order valence-electron chi connectivity index (χ0n) is 15.5. The summed E-state index contributed by atoms with van der Waals surface area (Å²) in [5, 5.41) is 9.68. The Balaban J connectivity index is 2.50. The van der Waals surface area contributed by atoms with Gasteiger partial charge in [-0.05, 0) is 39.2 Å². The molecule has 0 radical (unpaired) electrons. The summed E-state index contributed by atoms with van der Waals surface area (Å²) < 4.78 is 59.1. The maximum absolute atomic E-state index is 14.1. The van der Waals surface area contributed by atoms with Crippen molar-refractivity contribution in [3.8, 4) is 0 Å². The zero-order valence-corrected chi connectivity index (χ0v) is 15.5. The van der Waals surface area contributed by atoms with Gasteiger partial charge in [0.25, 0.3) is 0 Å². The lowest BCUT2D eigenvalue weighted by atomic mass is 9.91. The van der Waals surface area contributed by atoms with E-state index in [1.54, 1.807) is 4.90 Å². The van der Waals surface area contributed by atoms with Gasteiger partial charge in [-0.2, -0.15) is 0 Å². The van der Waals surface area contributed by atoms with Crippen molar-refractivity contribution in [3.05, 3.63) is 46.7 Å². The molecule has 0 amide bonds. The van der Waals surface area contributed by atoms with E-state index in [-0.39, 0.29) is 25.3 Å². The van der Waals surface area contributed by atoms with Crippen molar-refractivity contribution in [3.63, 3.8) is 0 Å². The molecule has 154 valence electrons. The maximum Gasteiger partial charge on any atom is 0.343 e. The number of carbonyl (C=O) groups excluding carboxylic acids is 2. The Morgan fingerprint density at radius 2 is 1.89 bits per heavy atom. The molecule has 0 aliphatic heterocycles. The third-order valence-corrected chi connectivity index (χ3v) is 4.40. The van der Waals surface area contributed by atoms with Crippen LogP contribution < -0.4 is 0 Å². The standard InChI is InChI=1S/C19H21F4NO4/c1-3-28-19(27)13(9-24(8-10(2)25)11-5-4-6-11)18(26)12-7-14(20)16(22)17(23)15(12)21/h7,9-11,25H,3-6,8H2,1-2H3. The Morgan fingerprint density at radius 3 is 2.39 bits per heavy atom. The van der Waals surface area contributed by atoms with E-state index in [1.807, 2.05) is 0 Å². The average Bonchev–Trinajstić information content (AvgIpc) is 2.58. The molecule has 1 aliphatic carbocycles. The third-order valence-electron chi connectivity index (χ3n) is 4.40. The molecule has 1 saturated carbocycles. The monoisotopic (exact) mass is 403 g/mol. The quantitative estimate of drug-likeness (QED) is 0.106. The fraction of sp³-hybridized carbons (Fsp3) is 0.474. The van der Waals surface area contributed by atoms with E-state index in [9.17, 15) is 32.3 Å². The molecule has 1 aromatic rings. The molecule has 1 fully saturated rings. The minimum absolute atomic E-state index is 0.0571. The lowest BCUT2D eigenvalue weighted by Gasteiger charge is -2.38. The highest BCUT2D eigenvalue weighted by atomic mass is 19.2. The van der Waals surface area contributed by atoms with Crippen LogP contribution in [-0.2, 0) is 9.53 Å². The number of hydrogen-bond donors (Lipinski definition) is 1. The van der Waals surface area contributed by atoms with Crippen LogP contribution in [0, 0.1) is 23.3 Å². The van der Waals surface area contributed by atoms with E-state index in [4.69, 9.17) is 4.74 Å². The van der Waals surface area contributed by atoms with Crippen LogP contribution in [0.25, 0.3) is 0 Å². The number of esters is 1. The second-order valence-electron chi connectivity index (χ2n) is 6.57. The highest BCUT2D eigenvalue weighted by molar-refractivity contribution is 6.24. The number of Topliss-reactive ketones (excluding diaryl/α,β-unsaturated/α-hetero) is 1. The number of hydrogen-bond acceptors (Lipinski definition) is 5. The van der Waals surface area contributed by atoms with Gasteiger partial charge in [-0.3, -0.25) is 4.79 Å².